The van der Waals surface area contributed by atoms with Crippen molar-refractivity contribution in [1.29, 1.82) is 0 Å². The molecule has 3 heteroatoms. The minimum Gasteiger partial charge on any atom is -0.439 e. The number of benzene rings is 1. The molecule has 0 aliphatic rings. The van der Waals surface area contributed by atoms with Gasteiger partial charge < -0.3 is 9.84 Å². The Balaban J connectivity index is 2.04. The van der Waals surface area contributed by atoms with Crippen LogP contribution in [-0.2, 0) is 13.0 Å². The van der Waals surface area contributed by atoms with Gasteiger partial charge in [0.2, 0.25) is 5.88 Å². The Bertz CT molecular complexity index is 549. The molecule has 0 saturated carbocycles. The molecule has 1 heterocycles. The summed E-state index contributed by atoms with van der Waals surface area (Å²) in [7, 11) is 0. The molecular weight excluding hydrogens is 250 g/mol. The predicted molar refractivity (Wildman–Crippen MR) is 80.0 cm³/mol. The second kappa shape index (κ2) is 7.06. The third-order valence-corrected chi connectivity index (χ3v) is 3.30. The first-order valence-corrected chi connectivity index (χ1v) is 7.07. The van der Waals surface area contributed by atoms with Gasteiger partial charge in [-0.2, -0.15) is 0 Å². The van der Waals surface area contributed by atoms with Gasteiger partial charge in [-0.05, 0) is 49.1 Å². The van der Waals surface area contributed by atoms with E-state index in [2.05, 4.69) is 24.0 Å². The maximum Gasteiger partial charge on any atom is 0.219 e. The smallest absolute Gasteiger partial charge is 0.219 e. The monoisotopic (exact) mass is 271 g/mol. The number of hydrogen-bond acceptors (Lipinski definition) is 3. The van der Waals surface area contributed by atoms with Crippen molar-refractivity contribution in [2.75, 3.05) is 0 Å². The molecule has 0 spiro atoms. The lowest BCUT2D eigenvalue weighted by atomic mass is 10.1. The first-order valence-electron chi connectivity index (χ1n) is 7.07. The normalized spacial score (nSPS) is 10.6. The summed E-state index contributed by atoms with van der Waals surface area (Å²) >= 11 is 0. The van der Waals surface area contributed by atoms with Crippen LogP contribution >= 0.6 is 0 Å². The number of aliphatic hydroxyl groups excluding tert-OH is 1. The molecule has 3 nitrogen and oxygen atoms in total. The highest BCUT2D eigenvalue weighted by Crippen LogP contribution is 2.21. The van der Waals surface area contributed by atoms with E-state index in [0.717, 1.165) is 23.4 Å². The van der Waals surface area contributed by atoms with Crippen molar-refractivity contribution in [2.24, 2.45) is 0 Å². The first kappa shape index (κ1) is 14.5. The number of aliphatic hydroxyl groups is 1. The molecule has 1 aromatic heterocycles. The Labute approximate surface area is 120 Å². The summed E-state index contributed by atoms with van der Waals surface area (Å²) in [5, 5.41) is 9.12. The highest BCUT2D eigenvalue weighted by molar-refractivity contribution is 5.32. The molecule has 1 aromatic carbocycles. The average Bonchev–Trinajstić information content (AvgIpc) is 2.47. The maximum atomic E-state index is 9.12. The van der Waals surface area contributed by atoms with Crippen molar-refractivity contribution < 1.29 is 9.84 Å². The zero-order chi connectivity index (χ0) is 14.4. The molecule has 0 aliphatic carbocycles. The van der Waals surface area contributed by atoms with Crippen molar-refractivity contribution >= 4 is 0 Å². The number of unbranched alkanes of at least 4 members (excludes halogenated alkanes) is 1. The molecule has 0 radical (unpaired) electrons. The Kier molecular flexibility index (Phi) is 5.13. The third kappa shape index (κ3) is 3.81. The van der Waals surface area contributed by atoms with Gasteiger partial charge in [0.25, 0.3) is 0 Å². The number of pyridine rings is 1. The van der Waals surface area contributed by atoms with E-state index in [1.807, 2.05) is 25.1 Å². The van der Waals surface area contributed by atoms with E-state index in [1.165, 1.54) is 18.4 Å². The van der Waals surface area contributed by atoms with Crippen molar-refractivity contribution in [2.45, 2.75) is 39.7 Å². The second-order valence-corrected chi connectivity index (χ2v) is 4.90. The highest BCUT2D eigenvalue weighted by atomic mass is 16.5. The van der Waals surface area contributed by atoms with Gasteiger partial charge >= 0.3 is 0 Å². The number of aromatic nitrogens is 1. The number of nitrogens with zero attached hydrogens (tertiary/aromatic N) is 1. The van der Waals surface area contributed by atoms with Gasteiger partial charge in [0.15, 0.2) is 0 Å². The number of ether oxygens (including phenoxy) is 1. The lowest BCUT2D eigenvalue weighted by molar-refractivity contribution is 0.280. The largest absolute Gasteiger partial charge is 0.439 e. The third-order valence-electron chi connectivity index (χ3n) is 3.30. The lowest BCUT2D eigenvalue weighted by Crippen LogP contribution is -1.95. The maximum absolute atomic E-state index is 9.12. The molecular formula is C17H21NO2. The summed E-state index contributed by atoms with van der Waals surface area (Å²) in [5.74, 6) is 1.34. The first-order chi connectivity index (χ1) is 9.72. The van der Waals surface area contributed by atoms with E-state index in [9.17, 15) is 0 Å². The van der Waals surface area contributed by atoms with Gasteiger partial charge in [0, 0.05) is 11.8 Å². The second-order valence-electron chi connectivity index (χ2n) is 4.90. The van der Waals surface area contributed by atoms with Gasteiger partial charge in [-0.15, -0.1) is 0 Å². The summed E-state index contributed by atoms with van der Waals surface area (Å²) in [6.45, 7) is 4.07. The van der Waals surface area contributed by atoms with Crippen LogP contribution in [0.15, 0.2) is 36.4 Å². The minimum absolute atomic E-state index is 0.00520. The van der Waals surface area contributed by atoms with Crippen LogP contribution in [0.5, 0.6) is 11.6 Å². The van der Waals surface area contributed by atoms with Gasteiger partial charge in [-0.25, -0.2) is 4.98 Å². The number of hydrogen-bond donors (Lipinski definition) is 1. The van der Waals surface area contributed by atoms with Gasteiger partial charge in [-0.1, -0.05) is 25.5 Å². The molecule has 0 bridgehead atoms. The van der Waals surface area contributed by atoms with Gasteiger partial charge in [-0.3, -0.25) is 0 Å². The molecule has 0 amide bonds. The van der Waals surface area contributed by atoms with Crippen LogP contribution in [-0.4, -0.2) is 10.1 Å². The Hall–Kier alpha value is -1.87. The molecule has 0 saturated heterocycles. The van der Waals surface area contributed by atoms with Crippen molar-refractivity contribution in [3.63, 3.8) is 0 Å². The summed E-state index contributed by atoms with van der Waals surface area (Å²) < 4.78 is 5.73. The molecule has 1 N–H and O–H groups in total. The minimum atomic E-state index is 0.00520. The zero-order valence-corrected chi connectivity index (χ0v) is 12.1. The van der Waals surface area contributed by atoms with E-state index in [1.54, 1.807) is 6.07 Å². The van der Waals surface area contributed by atoms with Crippen molar-refractivity contribution in [3.8, 4) is 11.6 Å². The summed E-state index contributed by atoms with van der Waals surface area (Å²) in [6.07, 6.45) is 3.53. The zero-order valence-electron chi connectivity index (χ0n) is 12.1. The highest BCUT2D eigenvalue weighted by Gasteiger charge is 2.03. The fourth-order valence-electron chi connectivity index (χ4n) is 2.02. The standard InChI is InChI=1S/C17H21NO2/c1-3-4-5-14-6-9-16(10-7-14)20-17-11-8-15(12-19)13(2)18-17/h6-11,19H,3-5,12H2,1-2H3. The van der Waals surface area contributed by atoms with Crippen molar-refractivity contribution in [1.82, 2.24) is 4.98 Å². The summed E-state index contributed by atoms with van der Waals surface area (Å²) in [5.41, 5.74) is 2.95. The molecule has 20 heavy (non-hydrogen) atoms. The van der Waals surface area contributed by atoms with E-state index in [-0.39, 0.29) is 6.61 Å². The summed E-state index contributed by atoms with van der Waals surface area (Å²) in [6, 6.07) is 11.8. The molecule has 0 fully saturated rings. The van der Waals surface area contributed by atoms with Crippen LogP contribution < -0.4 is 4.74 Å². The quantitative estimate of drug-likeness (QED) is 0.863. The number of rotatable bonds is 6. The van der Waals surface area contributed by atoms with E-state index in [4.69, 9.17) is 9.84 Å². The van der Waals surface area contributed by atoms with Gasteiger partial charge in [0.1, 0.15) is 5.75 Å². The molecule has 106 valence electrons. The van der Waals surface area contributed by atoms with Gasteiger partial charge in [0.05, 0.1) is 6.61 Å². The lowest BCUT2D eigenvalue weighted by Gasteiger charge is -2.08. The molecule has 0 aliphatic heterocycles. The molecule has 0 atom stereocenters. The SMILES string of the molecule is CCCCc1ccc(Oc2ccc(CO)c(C)n2)cc1. The molecule has 0 unspecified atom stereocenters. The van der Waals surface area contributed by atoms with Crippen LogP contribution in [0.4, 0.5) is 0 Å². The van der Waals surface area contributed by atoms with Crippen LogP contribution in [0.3, 0.4) is 0 Å². The summed E-state index contributed by atoms with van der Waals surface area (Å²) in [4.78, 5) is 4.33. The van der Waals surface area contributed by atoms with Crippen LogP contribution in [0.25, 0.3) is 0 Å². The number of aryl methyl sites for hydroxylation is 2. The topological polar surface area (TPSA) is 42.4 Å². The predicted octanol–water partition coefficient (Wildman–Crippen LogP) is 4.02. The van der Waals surface area contributed by atoms with E-state index in [0.29, 0.717) is 5.88 Å². The van der Waals surface area contributed by atoms with E-state index < -0.39 is 0 Å². The molecule has 2 aromatic rings. The van der Waals surface area contributed by atoms with Crippen molar-refractivity contribution in [3.05, 3.63) is 53.2 Å². The fourth-order valence-corrected chi connectivity index (χ4v) is 2.02. The van der Waals surface area contributed by atoms with E-state index >= 15 is 0 Å². The van der Waals surface area contributed by atoms with Crippen LogP contribution in [0, 0.1) is 6.92 Å². The molecule has 2 rings (SSSR count). The average molecular weight is 271 g/mol. The fraction of sp³-hybridized carbons (Fsp3) is 0.353. The van der Waals surface area contributed by atoms with Crippen LogP contribution in [0.1, 0.15) is 36.6 Å². The Morgan fingerprint density at radius 3 is 2.45 bits per heavy atom. The Morgan fingerprint density at radius 2 is 1.85 bits per heavy atom. The Morgan fingerprint density at radius 1 is 1.10 bits per heavy atom. The van der Waals surface area contributed by atoms with Crippen LogP contribution in [0.2, 0.25) is 0 Å².